The quantitative estimate of drug-likeness (QED) is 0.195. The number of carbonyl (C=O) groups is 4. The number of nitrogens with zero attached hydrogens (tertiary/aromatic N) is 8. The third-order valence-corrected chi connectivity index (χ3v) is 11.1. The number of likely N-dealkylation sites (tertiary alicyclic amines) is 1. The summed E-state index contributed by atoms with van der Waals surface area (Å²) in [7, 11) is 5.77. The van der Waals surface area contributed by atoms with Crippen LogP contribution in [-0.4, -0.2) is 122 Å². The minimum atomic E-state index is -1.13. The molecule has 1 unspecified atom stereocenters. The summed E-state index contributed by atoms with van der Waals surface area (Å²) < 4.78 is 35.1. The first-order chi connectivity index (χ1) is 27.7. The van der Waals surface area contributed by atoms with Crippen LogP contribution >= 0.6 is 11.6 Å². The number of imidazole rings is 1. The third-order valence-electron chi connectivity index (χ3n) is 10.8. The lowest BCUT2D eigenvalue weighted by Gasteiger charge is -2.36. The van der Waals surface area contributed by atoms with Crippen LogP contribution in [0.15, 0.2) is 67.1 Å². The van der Waals surface area contributed by atoms with Crippen molar-refractivity contribution in [2.75, 3.05) is 65.2 Å². The predicted molar refractivity (Wildman–Crippen MR) is 213 cm³/mol. The molecule has 2 aliphatic rings. The highest BCUT2D eigenvalue weighted by molar-refractivity contribution is 6.34. The minimum absolute atomic E-state index is 0.00165. The lowest BCUT2D eigenvalue weighted by molar-refractivity contribution is -0.878. The molecule has 2 saturated heterocycles. The van der Waals surface area contributed by atoms with Crippen molar-refractivity contribution in [1.29, 1.82) is 0 Å². The maximum atomic E-state index is 15.7. The molecule has 0 saturated carbocycles. The number of halogens is 3. The first-order valence-corrected chi connectivity index (χ1v) is 19.3. The molecule has 14 nitrogen and oxygen atoms in total. The highest BCUT2D eigenvalue weighted by atomic mass is 35.5. The molecule has 58 heavy (non-hydrogen) atoms. The number of hydrogen-bond acceptors (Lipinski definition) is 7. The van der Waals surface area contributed by atoms with Gasteiger partial charge in [0.25, 0.3) is 17.7 Å². The number of piperazine rings is 1. The van der Waals surface area contributed by atoms with Gasteiger partial charge in [-0.25, -0.2) is 13.8 Å². The van der Waals surface area contributed by atoms with Crippen molar-refractivity contribution in [2.24, 2.45) is 13.0 Å². The zero-order valence-electron chi connectivity index (χ0n) is 32.6. The molecule has 2 N–H and O–H groups in total. The molecule has 0 spiro atoms. The molecule has 2 aliphatic heterocycles. The number of pyridine rings is 1. The van der Waals surface area contributed by atoms with E-state index in [1.54, 1.807) is 47.0 Å². The van der Waals surface area contributed by atoms with Gasteiger partial charge in [-0.15, -0.1) is 0 Å². The summed E-state index contributed by atoms with van der Waals surface area (Å²) >= 11 is 6.55. The van der Waals surface area contributed by atoms with E-state index in [-0.39, 0.29) is 75.7 Å². The van der Waals surface area contributed by atoms with Gasteiger partial charge >= 0.3 is 0 Å². The fraction of sp³-hybridized carbons (Fsp3) is 0.341. The van der Waals surface area contributed by atoms with Gasteiger partial charge < -0.3 is 29.5 Å². The van der Waals surface area contributed by atoms with Crippen molar-refractivity contribution in [2.45, 2.75) is 19.9 Å². The molecular formula is C41H44ClF2N10O4+. The standard InChI is InChI=1S/C41H43ClF2N10O4/c1-25-31(23-53(49-25)15-14-46-38(55)33-7-5-6-13-45-33)28-10-11-30(36(44)35(28)43)34-22-47-37(50(34)2)39(56)48-27-8-9-29(32(42)21-27)41(58)52-18-16-51(17-19-52)40(57)26-12-20-54(3,4)24-26/h5-11,13,21-23,26H,12,14-20,24H2,1-4H3,(H-,46,48,55,56,58)/p+1. The molecular weight excluding hydrogens is 770 g/mol. The van der Waals surface area contributed by atoms with Crippen molar-refractivity contribution in [3.63, 3.8) is 0 Å². The largest absolute Gasteiger partial charge is 0.349 e. The number of aromatic nitrogens is 5. The third kappa shape index (κ3) is 8.34. The predicted octanol–water partition coefficient (Wildman–Crippen LogP) is 4.65. The highest BCUT2D eigenvalue weighted by Gasteiger charge is 2.39. The summed E-state index contributed by atoms with van der Waals surface area (Å²) in [5.74, 6) is -3.37. The monoisotopic (exact) mass is 813 g/mol. The Morgan fingerprint density at radius 2 is 1.64 bits per heavy atom. The fourth-order valence-corrected chi connectivity index (χ4v) is 7.85. The minimum Gasteiger partial charge on any atom is -0.349 e. The number of anilines is 1. The molecule has 0 radical (unpaired) electrons. The number of aryl methyl sites for hydroxylation is 1. The van der Waals surface area contributed by atoms with E-state index in [0.717, 1.165) is 24.0 Å². The Morgan fingerprint density at radius 1 is 0.914 bits per heavy atom. The van der Waals surface area contributed by atoms with Crippen molar-refractivity contribution in [3.8, 4) is 22.4 Å². The van der Waals surface area contributed by atoms with E-state index < -0.39 is 17.5 Å². The van der Waals surface area contributed by atoms with Crippen LogP contribution in [0, 0.1) is 24.5 Å². The van der Waals surface area contributed by atoms with Crippen LogP contribution in [0.5, 0.6) is 0 Å². The Labute approximate surface area is 339 Å². The van der Waals surface area contributed by atoms with Crippen LogP contribution in [0.1, 0.15) is 43.6 Å². The normalized spacial score (nSPS) is 16.4. The van der Waals surface area contributed by atoms with E-state index >= 15 is 8.78 Å². The first kappa shape index (κ1) is 40.2. The van der Waals surface area contributed by atoms with Gasteiger partial charge in [0, 0.05) is 81.0 Å². The van der Waals surface area contributed by atoms with Gasteiger partial charge in [0.2, 0.25) is 5.91 Å². The lowest BCUT2D eigenvalue weighted by Crippen LogP contribution is -2.52. The Hall–Kier alpha value is -6.00. The lowest BCUT2D eigenvalue weighted by atomic mass is 10.0. The molecule has 17 heteroatoms. The number of hydrogen-bond donors (Lipinski definition) is 2. The van der Waals surface area contributed by atoms with Gasteiger partial charge in [-0.3, -0.25) is 28.8 Å². The van der Waals surface area contributed by atoms with Gasteiger partial charge in [-0.05, 0) is 43.3 Å². The number of nitrogens with one attached hydrogen (secondary N) is 2. The average Bonchev–Trinajstić information content (AvgIpc) is 3.90. The second-order valence-corrected chi connectivity index (χ2v) is 15.7. The van der Waals surface area contributed by atoms with Crippen molar-refractivity contribution < 1.29 is 32.4 Å². The second kappa shape index (κ2) is 16.5. The Bertz CT molecular complexity index is 2390. The Morgan fingerprint density at radius 3 is 2.33 bits per heavy atom. The van der Waals surface area contributed by atoms with Crippen molar-refractivity contribution >= 4 is 40.9 Å². The van der Waals surface area contributed by atoms with Crippen LogP contribution in [0.3, 0.4) is 0 Å². The summed E-state index contributed by atoms with van der Waals surface area (Å²) in [6, 6.07) is 12.4. The van der Waals surface area contributed by atoms with E-state index in [9.17, 15) is 19.2 Å². The molecule has 5 heterocycles. The molecule has 302 valence electrons. The van der Waals surface area contributed by atoms with Crippen LogP contribution in [0.25, 0.3) is 22.4 Å². The summed E-state index contributed by atoms with van der Waals surface area (Å²) in [5.41, 5.74) is 1.76. The van der Waals surface area contributed by atoms with E-state index in [1.807, 2.05) is 4.90 Å². The van der Waals surface area contributed by atoms with E-state index in [1.165, 1.54) is 48.3 Å². The van der Waals surface area contributed by atoms with Gasteiger partial charge in [0.15, 0.2) is 17.5 Å². The Balaban J connectivity index is 0.967. The smallest absolute Gasteiger partial charge is 0.291 e. The van der Waals surface area contributed by atoms with Gasteiger partial charge in [0.05, 0.1) is 67.8 Å². The molecule has 4 amide bonds. The number of amides is 4. The Kier molecular flexibility index (Phi) is 11.4. The summed E-state index contributed by atoms with van der Waals surface area (Å²) in [6.45, 7) is 5.68. The molecule has 7 rings (SSSR count). The molecule has 2 fully saturated rings. The highest BCUT2D eigenvalue weighted by Crippen LogP contribution is 2.33. The molecule has 3 aromatic heterocycles. The van der Waals surface area contributed by atoms with E-state index in [2.05, 4.69) is 39.8 Å². The topological polar surface area (TPSA) is 147 Å². The maximum Gasteiger partial charge on any atom is 0.291 e. The van der Waals surface area contributed by atoms with Gasteiger partial charge in [-0.1, -0.05) is 23.7 Å². The zero-order valence-corrected chi connectivity index (χ0v) is 33.4. The van der Waals surface area contributed by atoms with Crippen LogP contribution in [0.2, 0.25) is 5.02 Å². The summed E-state index contributed by atoms with van der Waals surface area (Å²) in [6.07, 6.45) is 5.26. The average molecular weight is 814 g/mol. The van der Waals surface area contributed by atoms with E-state index in [0.29, 0.717) is 43.1 Å². The van der Waals surface area contributed by atoms with Crippen LogP contribution < -0.4 is 10.6 Å². The number of quaternary nitrogens is 1. The summed E-state index contributed by atoms with van der Waals surface area (Å²) in [4.78, 5) is 63.9. The molecule has 1 atom stereocenters. The SMILES string of the molecule is Cc1nn(CCNC(=O)c2ccccn2)cc1-c1ccc(-c2cnc(C(=O)Nc3ccc(C(=O)N4CCN(C(=O)C5CC[N+](C)(C)C5)CC4)c(Cl)c3)n2C)c(F)c1F. The molecule has 0 bridgehead atoms. The number of benzene rings is 2. The number of carbonyl (C=O) groups excluding carboxylic acids is 4. The second-order valence-electron chi connectivity index (χ2n) is 15.3. The fourth-order valence-electron chi connectivity index (χ4n) is 7.59. The van der Waals surface area contributed by atoms with E-state index in [4.69, 9.17) is 11.6 Å². The first-order valence-electron chi connectivity index (χ1n) is 19.0. The van der Waals surface area contributed by atoms with Gasteiger partial charge in [-0.2, -0.15) is 5.10 Å². The van der Waals surface area contributed by atoms with Crippen LogP contribution in [0.4, 0.5) is 14.5 Å². The maximum absolute atomic E-state index is 15.7. The molecule has 0 aliphatic carbocycles. The molecule has 2 aromatic carbocycles. The molecule has 5 aromatic rings. The van der Waals surface area contributed by atoms with Gasteiger partial charge in [0.1, 0.15) is 5.69 Å². The van der Waals surface area contributed by atoms with Crippen molar-refractivity contribution in [3.05, 3.63) is 107 Å². The summed E-state index contributed by atoms with van der Waals surface area (Å²) in [5, 5.41) is 10.0. The zero-order chi connectivity index (χ0) is 41.3. The van der Waals surface area contributed by atoms with Crippen molar-refractivity contribution in [1.82, 2.24) is 39.4 Å². The number of rotatable bonds is 10. The van der Waals surface area contributed by atoms with Crippen LogP contribution in [-0.2, 0) is 18.4 Å².